The maximum Gasteiger partial charge on any atom is 0.251 e. The van der Waals surface area contributed by atoms with E-state index in [1.54, 1.807) is 7.11 Å². The van der Waals surface area contributed by atoms with Crippen LogP contribution < -0.4 is 0 Å². The van der Waals surface area contributed by atoms with E-state index < -0.39 is 5.60 Å². The van der Waals surface area contributed by atoms with Crippen LogP contribution >= 0.6 is 0 Å². The molecular formula is C16H28N2O5. The minimum Gasteiger partial charge on any atom is -0.383 e. The molecule has 132 valence electrons. The molecule has 0 saturated carbocycles. The van der Waals surface area contributed by atoms with Crippen molar-refractivity contribution in [3.05, 3.63) is 0 Å². The molecule has 0 bridgehead atoms. The summed E-state index contributed by atoms with van der Waals surface area (Å²) in [5.41, 5.74) is -0.434. The molecule has 23 heavy (non-hydrogen) atoms. The van der Waals surface area contributed by atoms with Crippen LogP contribution in [0.2, 0.25) is 0 Å². The Labute approximate surface area is 137 Å². The van der Waals surface area contributed by atoms with Gasteiger partial charge >= 0.3 is 0 Å². The highest BCUT2D eigenvalue weighted by Gasteiger charge is 2.43. The fourth-order valence-electron chi connectivity index (χ4n) is 3.59. The van der Waals surface area contributed by atoms with E-state index in [0.717, 1.165) is 32.5 Å². The number of ether oxygens (including phenoxy) is 4. The van der Waals surface area contributed by atoms with Crippen LogP contribution in [0.4, 0.5) is 0 Å². The van der Waals surface area contributed by atoms with Gasteiger partial charge in [0.05, 0.1) is 33.0 Å². The van der Waals surface area contributed by atoms with Crippen molar-refractivity contribution in [3.8, 4) is 0 Å². The predicted molar refractivity (Wildman–Crippen MR) is 83.4 cm³/mol. The van der Waals surface area contributed by atoms with Crippen molar-refractivity contribution < 1.29 is 23.7 Å². The Morgan fingerprint density at radius 1 is 1.26 bits per heavy atom. The van der Waals surface area contributed by atoms with Gasteiger partial charge in [0.15, 0.2) is 0 Å². The molecule has 0 aromatic heterocycles. The van der Waals surface area contributed by atoms with Crippen LogP contribution in [0.25, 0.3) is 0 Å². The maximum atomic E-state index is 12.6. The molecule has 0 aromatic rings. The van der Waals surface area contributed by atoms with Gasteiger partial charge in [-0.15, -0.1) is 0 Å². The third kappa shape index (κ3) is 4.22. The van der Waals surface area contributed by atoms with Gasteiger partial charge in [0.2, 0.25) is 0 Å². The number of morpholine rings is 1. The Hall–Kier alpha value is -0.730. The smallest absolute Gasteiger partial charge is 0.251 e. The topological polar surface area (TPSA) is 60.5 Å². The molecule has 3 heterocycles. The van der Waals surface area contributed by atoms with Crippen LogP contribution in [0.1, 0.15) is 12.8 Å². The van der Waals surface area contributed by atoms with E-state index in [2.05, 4.69) is 4.90 Å². The number of hydrogen-bond donors (Lipinski definition) is 0. The van der Waals surface area contributed by atoms with E-state index in [1.807, 2.05) is 4.90 Å². The molecule has 2 atom stereocenters. The van der Waals surface area contributed by atoms with Gasteiger partial charge in [-0.3, -0.25) is 9.69 Å². The van der Waals surface area contributed by atoms with Crippen LogP contribution in [-0.4, -0.2) is 100 Å². The van der Waals surface area contributed by atoms with Crippen molar-refractivity contribution in [2.75, 3.05) is 72.9 Å². The third-order valence-corrected chi connectivity index (χ3v) is 4.81. The van der Waals surface area contributed by atoms with Crippen molar-refractivity contribution in [2.24, 2.45) is 0 Å². The monoisotopic (exact) mass is 328 g/mol. The molecular weight excluding hydrogens is 300 g/mol. The molecule has 1 spiro atoms. The van der Waals surface area contributed by atoms with Crippen molar-refractivity contribution >= 4 is 5.91 Å². The van der Waals surface area contributed by atoms with E-state index in [1.165, 1.54) is 0 Å². The number of rotatable bonds is 4. The van der Waals surface area contributed by atoms with Gasteiger partial charge in [-0.25, -0.2) is 0 Å². The zero-order chi connectivity index (χ0) is 16.1. The number of carbonyl (C=O) groups is 1. The van der Waals surface area contributed by atoms with Gasteiger partial charge < -0.3 is 23.8 Å². The van der Waals surface area contributed by atoms with E-state index in [-0.39, 0.29) is 12.0 Å². The number of nitrogens with zero attached hydrogens (tertiary/aromatic N) is 2. The first kappa shape index (κ1) is 17.1. The minimum absolute atomic E-state index is 0.109. The summed E-state index contributed by atoms with van der Waals surface area (Å²) in [5, 5.41) is 0. The third-order valence-electron chi connectivity index (χ3n) is 4.81. The fourth-order valence-corrected chi connectivity index (χ4v) is 3.59. The summed E-state index contributed by atoms with van der Waals surface area (Å²) in [6.07, 6.45) is 1.54. The molecule has 3 rings (SSSR count). The first-order valence-corrected chi connectivity index (χ1v) is 8.56. The molecule has 7 nitrogen and oxygen atoms in total. The molecule has 2 unspecified atom stereocenters. The Morgan fingerprint density at radius 3 is 2.96 bits per heavy atom. The van der Waals surface area contributed by atoms with Crippen molar-refractivity contribution in [1.82, 2.24) is 9.80 Å². The summed E-state index contributed by atoms with van der Waals surface area (Å²) in [6.45, 7) is 6.87. The molecule has 0 N–H and O–H groups in total. The second-order valence-corrected chi connectivity index (χ2v) is 6.61. The minimum atomic E-state index is -0.434. The zero-order valence-corrected chi connectivity index (χ0v) is 14.0. The van der Waals surface area contributed by atoms with Crippen LogP contribution in [0.15, 0.2) is 0 Å². The first-order chi connectivity index (χ1) is 11.2. The highest BCUT2D eigenvalue weighted by atomic mass is 16.5. The molecule has 0 aromatic carbocycles. The Bertz CT molecular complexity index is 402. The predicted octanol–water partition coefficient (Wildman–Crippen LogP) is -0.258. The van der Waals surface area contributed by atoms with Gasteiger partial charge in [0.1, 0.15) is 11.7 Å². The quantitative estimate of drug-likeness (QED) is 0.709. The molecule has 3 aliphatic rings. The summed E-state index contributed by atoms with van der Waals surface area (Å²) in [4.78, 5) is 16.8. The fraction of sp³-hybridized carbons (Fsp3) is 0.938. The Balaban J connectivity index is 1.63. The maximum absolute atomic E-state index is 12.6. The first-order valence-electron chi connectivity index (χ1n) is 8.56. The standard InChI is InChI=1S/C16H28N2O5/c1-20-8-4-17-5-9-21-13-16(11-17)12-18(6-10-23-16)15(19)14-3-2-7-22-14/h14H,2-13H2,1H3. The molecule has 3 saturated heterocycles. The second-order valence-electron chi connectivity index (χ2n) is 6.61. The molecule has 0 aliphatic carbocycles. The molecule has 1 amide bonds. The Morgan fingerprint density at radius 2 is 2.17 bits per heavy atom. The number of carbonyl (C=O) groups excluding carboxylic acids is 1. The van der Waals surface area contributed by atoms with E-state index >= 15 is 0 Å². The van der Waals surface area contributed by atoms with Gasteiger partial charge in [0.25, 0.3) is 5.91 Å². The lowest BCUT2D eigenvalue weighted by atomic mass is 10.0. The van der Waals surface area contributed by atoms with Crippen molar-refractivity contribution in [2.45, 2.75) is 24.5 Å². The van der Waals surface area contributed by atoms with E-state index in [9.17, 15) is 4.79 Å². The van der Waals surface area contributed by atoms with Gasteiger partial charge in [-0.1, -0.05) is 0 Å². The molecule has 0 radical (unpaired) electrons. The number of methoxy groups -OCH3 is 1. The summed E-state index contributed by atoms with van der Waals surface area (Å²) in [6, 6.07) is 0. The number of amides is 1. The lowest BCUT2D eigenvalue weighted by Crippen LogP contribution is -2.61. The molecule has 3 fully saturated rings. The molecule has 7 heteroatoms. The largest absolute Gasteiger partial charge is 0.383 e. The summed E-state index contributed by atoms with van der Waals surface area (Å²) in [5.74, 6) is 0.109. The van der Waals surface area contributed by atoms with E-state index in [4.69, 9.17) is 18.9 Å². The summed E-state index contributed by atoms with van der Waals surface area (Å²) < 4.78 is 22.6. The van der Waals surface area contributed by atoms with Crippen molar-refractivity contribution in [1.29, 1.82) is 0 Å². The van der Waals surface area contributed by atoms with Crippen molar-refractivity contribution in [3.63, 3.8) is 0 Å². The van der Waals surface area contributed by atoms with Crippen LogP contribution in [0, 0.1) is 0 Å². The lowest BCUT2D eigenvalue weighted by molar-refractivity contribution is -0.168. The van der Waals surface area contributed by atoms with Crippen LogP contribution in [0.5, 0.6) is 0 Å². The Kier molecular flexibility index (Phi) is 5.87. The SMILES string of the molecule is COCCN1CCOCC2(C1)CN(C(=O)C1CCCO1)CCO2. The van der Waals surface area contributed by atoms with E-state index in [0.29, 0.717) is 46.1 Å². The second kappa shape index (κ2) is 7.90. The summed E-state index contributed by atoms with van der Waals surface area (Å²) >= 11 is 0. The lowest BCUT2D eigenvalue weighted by Gasteiger charge is -2.43. The zero-order valence-electron chi connectivity index (χ0n) is 14.0. The summed E-state index contributed by atoms with van der Waals surface area (Å²) in [7, 11) is 1.71. The van der Waals surface area contributed by atoms with Crippen LogP contribution in [0.3, 0.4) is 0 Å². The van der Waals surface area contributed by atoms with Crippen LogP contribution in [-0.2, 0) is 23.7 Å². The number of hydrogen-bond acceptors (Lipinski definition) is 6. The highest BCUT2D eigenvalue weighted by Crippen LogP contribution is 2.24. The van der Waals surface area contributed by atoms with Gasteiger partial charge in [-0.2, -0.15) is 0 Å². The highest BCUT2D eigenvalue weighted by molar-refractivity contribution is 5.81. The molecule has 3 aliphatic heterocycles. The normalized spacial score (nSPS) is 33.1. The average molecular weight is 328 g/mol. The van der Waals surface area contributed by atoms with Gasteiger partial charge in [0, 0.05) is 39.9 Å². The van der Waals surface area contributed by atoms with Gasteiger partial charge in [-0.05, 0) is 12.8 Å². The average Bonchev–Trinajstić information content (AvgIpc) is 3.03.